The SMILES string of the molecule is CCCCCCCCCCCCCCCCCC[N+]1(C)CC[N+](C)(C)CC[N+](C)(C)CC1. The van der Waals surface area contributed by atoms with Crippen LogP contribution >= 0.6 is 0 Å². The Kier molecular flexibility index (Phi) is 15.4. The first kappa shape index (κ1) is 29.9. The topological polar surface area (TPSA) is 0 Å². The van der Waals surface area contributed by atoms with E-state index in [0.717, 1.165) is 0 Å². The number of quaternary nitrogens is 3. The van der Waals surface area contributed by atoms with Gasteiger partial charge in [0.1, 0.15) is 39.3 Å². The minimum atomic E-state index is 1.19. The van der Waals surface area contributed by atoms with Gasteiger partial charge in [-0.3, -0.25) is 0 Å². The summed E-state index contributed by atoms with van der Waals surface area (Å²) in [6, 6.07) is 0. The Morgan fingerprint density at radius 2 is 0.656 bits per heavy atom. The smallest absolute Gasteiger partial charge is 0.128 e. The van der Waals surface area contributed by atoms with Crippen molar-refractivity contribution in [2.75, 3.05) is 81.1 Å². The first-order chi connectivity index (χ1) is 15.2. The highest BCUT2D eigenvalue weighted by Gasteiger charge is 2.33. The summed E-state index contributed by atoms with van der Waals surface area (Å²) >= 11 is 0. The molecule has 1 aliphatic rings. The van der Waals surface area contributed by atoms with E-state index in [1.54, 1.807) is 0 Å². The van der Waals surface area contributed by atoms with Crippen molar-refractivity contribution in [2.24, 2.45) is 0 Å². The monoisotopic (exact) mass is 455 g/mol. The first-order valence-electron chi connectivity index (χ1n) is 14.7. The van der Waals surface area contributed by atoms with Crippen LogP contribution in [-0.4, -0.2) is 94.5 Å². The molecule has 0 saturated carbocycles. The highest BCUT2D eigenvalue weighted by molar-refractivity contribution is 4.52. The van der Waals surface area contributed by atoms with Crippen molar-refractivity contribution >= 4 is 0 Å². The number of hydrogen-bond donors (Lipinski definition) is 0. The molecule has 192 valence electrons. The molecular weight excluding hydrogens is 390 g/mol. The average Bonchev–Trinajstić information content (AvgIpc) is 2.78. The van der Waals surface area contributed by atoms with Gasteiger partial charge in [0.15, 0.2) is 0 Å². The molecule has 0 aromatic carbocycles. The molecule has 3 heteroatoms. The summed E-state index contributed by atoms with van der Waals surface area (Å²) in [5.74, 6) is 0. The number of hydrogen-bond acceptors (Lipinski definition) is 0. The van der Waals surface area contributed by atoms with E-state index in [1.807, 2.05) is 0 Å². The molecule has 1 rings (SSSR count). The van der Waals surface area contributed by atoms with E-state index in [0.29, 0.717) is 0 Å². The van der Waals surface area contributed by atoms with Crippen LogP contribution in [0.3, 0.4) is 0 Å². The molecule has 0 unspecified atom stereocenters. The maximum Gasteiger partial charge on any atom is 0.128 e. The number of rotatable bonds is 17. The van der Waals surface area contributed by atoms with Crippen molar-refractivity contribution in [1.82, 2.24) is 0 Å². The van der Waals surface area contributed by atoms with E-state index in [-0.39, 0.29) is 0 Å². The van der Waals surface area contributed by atoms with Crippen LogP contribution in [0.1, 0.15) is 110 Å². The third-order valence-corrected chi connectivity index (χ3v) is 8.35. The van der Waals surface area contributed by atoms with Crippen molar-refractivity contribution in [2.45, 2.75) is 110 Å². The third kappa shape index (κ3) is 15.7. The molecule has 1 heterocycles. The standard InChI is InChI=1S/C29H64N3/c1-7-8-9-10-11-12-13-14-15-16-17-18-19-20-21-22-23-32(6)28-26-30(2,3)24-25-31(4,5)27-29-32/h7-29H2,1-6H3/q+3. The number of nitrogens with zero attached hydrogens (tertiary/aromatic N) is 3. The van der Waals surface area contributed by atoms with Crippen molar-refractivity contribution in [3.05, 3.63) is 0 Å². The molecule has 0 atom stereocenters. The fourth-order valence-corrected chi connectivity index (χ4v) is 5.17. The summed E-state index contributed by atoms with van der Waals surface area (Å²) < 4.78 is 3.67. The van der Waals surface area contributed by atoms with E-state index in [9.17, 15) is 0 Å². The van der Waals surface area contributed by atoms with Crippen LogP contribution in [0.4, 0.5) is 0 Å². The van der Waals surface area contributed by atoms with Gasteiger partial charge in [0, 0.05) is 0 Å². The number of likely N-dealkylation sites (N-methyl/N-ethyl adjacent to an activating group) is 3. The van der Waals surface area contributed by atoms with Crippen LogP contribution in [0, 0.1) is 0 Å². The highest BCUT2D eigenvalue weighted by Crippen LogP contribution is 2.16. The van der Waals surface area contributed by atoms with Crippen molar-refractivity contribution < 1.29 is 13.4 Å². The second-order valence-electron chi connectivity index (χ2n) is 12.9. The average molecular weight is 455 g/mol. The zero-order valence-electron chi connectivity index (χ0n) is 23.6. The lowest BCUT2D eigenvalue weighted by molar-refractivity contribution is -0.955. The van der Waals surface area contributed by atoms with E-state index < -0.39 is 0 Å². The highest BCUT2D eigenvalue weighted by atomic mass is 15.4. The van der Waals surface area contributed by atoms with Crippen molar-refractivity contribution in [1.29, 1.82) is 0 Å². The summed E-state index contributed by atoms with van der Waals surface area (Å²) in [6.07, 6.45) is 23.4. The molecule has 3 nitrogen and oxygen atoms in total. The van der Waals surface area contributed by atoms with Crippen LogP contribution in [0.2, 0.25) is 0 Å². The van der Waals surface area contributed by atoms with Crippen LogP contribution in [0.15, 0.2) is 0 Å². The van der Waals surface area contributed by atoms with E-state index >= 15 is 0 Å². The van der Waals surface area contributed by atoms with Gasteiger partial charge in [0.2, 0.25) is 0 Å². The minimum Gasteiger partial charge on any atom is -0.319 e. The van der Waals surface area contributed by atoms with Gasteiger partial charge in [-0.05, 0) is 12.8 Å². The first-order valence-corrected chi connectivity index (χ1v) is 14.7. The van der Waals surface area contributed by atoms with Crippen molar-refractivity contribution in [3.63, 3.8) is 0 Å². The van der Waals surface area contributed by atoms with Gasteiger partial charge >= 0.3 is 0 Å². The Morgan fingerprint density at radius 1 is 0.375 bits per heavy atom. The van der Waals surface area contributed by atoms with Crippen LogP contribution < -0.4 is 0 Å². The molecule has 0 amide bonds. The van der Waals surface area contributed by atoms with Gasteiger partial charge in [-0.2, -0.15) is 0 Å². The van der Waals surface area contributed by atoms with Gasteiger partial charge in [-0.1, -0.05) is 96.8 Å². The summed E-state index contributed by atoms with van der Waals surface area (Å²) in [5.41, 5.74) is 0. The molecule has 0 aromatic rings. The Balaban J connectivity index is 2.02. The molecule has 0 aromatic heterocycles. The lowest BCUT2D eigenvalue weighted by atomic mass is 10.0. The molecule has 0 aliphatic carbocycles. The van der Waals surface area contributed by atoms with Gasteiger partial charge in [-0.25, -0.2) is 0 Å². The predicted octanol–water partition coefficient (Wildman–Crippen LogP) is 6.86. The molecule has 0 radical (unpaired) electrons. The van der Waals surface area contributed by atoms with E-state index in [4.69, 9.17) is 0 Å². The second-order valence-corrected chi connectivity index (χ2v) is 12.9. The fraction of sp³-hybridized carbons (Fsp3) is 1.00. The Labute approximate surface area is 204 Å². The van der Waals surface area contributed by atoms with Gasteiger partial charge < -0.3 is 13.4 Å². The minimum absolute atomic E-state index is 1.19. The lowest BCUT2D eigenvalue weighted by Gasteiger charge is -2.37. The molecule has 0 spiro atoms. The van der Waals surface area contributed by atoms with Gasteiger partial charge in [0.05, 0.1) is 41.8 Å². The fourth-order valence-electron chi connectivity index (χ4n) is 5.17. The molecular formula is C29H64N3+3. The molecule has 1 fully saturated rings. The summed E-state index contributed by atoms with van der Waals surface area (Å²) in [6.45, 7) is 11.7. The van der Waals surface area contributed by atoms with Gasteiger partial charge in [0.25, 0.3) is 0 Å². The maximum atomic E-state index is 2.54. The van der Waals surface area contributed by atoms with Gasteiger partial charge in [-0.15, -0.1) is 0 Å². The summed E-state index contributed by atoms with van der Waals surface area (Å²) in [5, 5.41) is 0. The Morgan fingerprint density at radius 3 is 1.00 bits per heavy atom. The zero-order valence-corrected chi connectivity index (χ0v) is 23.6. The molecule has 1 saturated heterocycles. The third-order valence-electron chi connectivity index (χ3n) is 8.35. The quantitative estimate of drug-likeness (QED) is 0.166. The second kappa shape index (κ2) is 16.5. The van der Waals surface area contributed by atoms with E-state index in [2.05, 4.69) is 42.2 Å². The summed E-state index contributed by atoms with van der Waals surface area (Å²) in [7, 11) is 12.3. The zero-order chi connectivity index (χ0) is 23.8. The largest absolute Gasteiger partial charge is 0.319 e. The van der Waals surface area contributed by atoms with Crippen LogP contribution in [-0.2, 0) is 0 Å². The Hall–Kier alpha value is -0.120. The van der Waals surface area contributed by atoms with Crippen LogP contribution in [0.25, 0.3) is 0 Å². The molecule has 0 bridgehead atoms. The van der Waals surface area contributed by atoms with E-state index in [1.165, 1.54) is 162 Å². The maximum absolute atomic E-state index is 2.54. The molecule has 0 N–H and O–H groups in total. The van der Waals surface area contributed by atoms with Crippen molar-refractivity contribution in [3.8, 4) is 0 Å². The molecule has 32 heavy (non-hydrogen) atoms. The van der Waals surface area contributed by atoms with Crippen LogP contribution in [0.5, 0.6) is 0 Å². The molecule has 1 aliphatic heterocycles. The summed E-state index contributed by atoms with van der Waals surface area (Å²) in [4.78, 5) is 0. The number of unbranched alkanes of at least 4 members (excludes halogenated alkanes) is 15. The predicted molar refractivity (Wildman–Crippen MR) is 144 cm³/mol. The normalized spacial score (nSPS) is 20.4. The Bertz CT molecular complexity index is 424. The lowest BCUT2D eigenvalue weighted by Crippen LogP contribution is -2.54.